The maximum Gasteiger partial charge on any atom is 0.120 e. The lowest BCUT2D eigenvalue weighted by atomic mass is 9.72. The van der Waals surface area contributed by atoms with Crippen molar-refractivity contribution in [3.05, 3.63) is 24.2 Å². The van der Waals surface area contributed by atoms with E-state index in [9.17, 15) is 0 Å². The van der Waals surface area contributed by atoms with Gasteiger partial charge in [0, 0.05) is 0 Å². The van der Waals surface area contributed by atoms with E-state index in [2.05, 4.69) is 25.2 Å². The zero-order valence-corrected chi connectivity index (χ0v) is 11.4. The number of hydrogen-bond acceptors (Lipinski definition) is 3. The second-order valence-electron chi connectivity index (χ2n) is 6.54. The Kier molecular flexibility index (Phi) is 2.99. The number of ether oxygens (including phenoxy) is 1. The Morgan fingerprint density at radius 1 is 1.33 bits per heavy atom. The summed E-state index contributed by atoms with van der Waals surface area (Å²) in [5, 5.41) is 3.71. The molecule has 3 rings (SSSR count). The van der Waals surface area contributed by atoms with Crippen LogP contribution in [0, 0.1) is 5.41 Å². The number of furan rings is 1. The highest BCUT2D eigenvalue weighted by molar-refractivity contribution is 5.07. The average Bonchev–Trinajstić information content (AvgIpc) is 2.80. The van der Waals surface area contributed by atoms with Crippen LogP contribution in [0.4, 0.5) is 0 Å². The molecule has 0 bridgehead atoms. The summed E-state index contributed by atoms with van der Waals surface area (Å²) in [6.07, 6.45) is 7.50. The smallest absolute Gasteiger partial charge is 0.120 e. The molecule has 1 N–H and O–H groups in total. The lowest BCUT2D eigenvalue weighted by molar-refractivity contribution is -0.153. The lowest BCUT2D eigenvalue weighted by Gasteiger charge is -2.49. The Hall–Kier alpha value is -0.800. The summed E-state index contributed by atoms with van der Waals surface area (Å²) in [4.78, 5) is 0. The molecule has 1 saturated carbocycles. The van der Waals surface area contributed by atoms with E-state index in [4.69, 9.17) is 9.15 Å². The van der Waals surface area contributed by atoms with Crippen LogP contribution in [-0.2, 0) is 4.74 Å². The zero-order chi connectivity index (χ0) is 12.6. The van der Waals surface area contributed by atoms with E-state index < -0.39 is 0 Å². The van der Waals surface area contributed by atoms with Crippen molar-refractivity contribution in [1.29, 1.82) is 0 Å². The summed E-state index contributed by atoms with van der Waals surface area (Å²) in [7, 11) is 0. The lowest BCUT2D eigenvalue weighted by Crippen LogP contribution is -2.56. The second-order valence-corrected chi connectivity index (χ2v) is 6.54. The molecule has 3 heteroatoms. The van der Waals surface area contributed by atoms with E-state index in [0.29, 0.717) is 11.5 Å². The van der Waals surface area contributed by atoms with Crippen LogP contribution in [-0.4, -0.2) is 12.3 Å². The van der Waals surface area contributed by atoms with Crippen molar-refractivity contribution in [2.45, 2.75) is 57.7 Å². The van der Waals surface area contributed by atoms with Gasteiger partial charge in [0.15, 0.2) is 0 Å². The van der Waals surface area contributed by atoms with Gasteiger partial charge < -0.3 is 9.15 Å². The first kappa shape index (κ1) is 12.2. The third-order valence-corrected chi connectivity index (χ3v) is 4.31. The van der Waals surface area contributed by atoms with Gasteiger partial charge in [-0.1, -0.05) is 13.8 Å². The molecule has 2 fully saturated rings. The Labute approximate surface area is 109 Å². The highest BCUT2D eigenvalue weighted by Crippen LogP contribution is 2.44. The molecular formula is C15H23NO2. The molecule has 1 aliphatic carbocycles. The summed E-state index contributed by atoms with van der Waals surface area (Å²) < 4.78 is 11.7. The molecule has 3 nitrogen and oxygen atoms in total. The monoisotopic (exact) mass is 249 g/mol. The van der Waals surface area contributed by atoms with Gasteiger partial charge in [-0.15, -0.1) is 0 Å². The fourth-order valence-electron chi connectivity index (χ4n) is 3.56. The third-order valence-electron chi connectivity index (χ3n) is 4.31. The molecule has 1 spiro atoms. The van der Waals surface area contributed by atoms with Crippen LogP contribution in [0.2, 0.25) is 0 Å². The summed E-state index contributed by atoms with van der Waals surface area (Å²) in [5.74, 6) is 1.04. The molecule has 100 valence electrons. The predicted molar refractivity (Wildman–Crippen MR) is 70.1 cm³/mol. The topological polar surface area (TPSA) is 34.4 Å². The molecule has 1 aliphatic heterocycles. The van der Waals surface area contributed by atoms with Crippen molar-refractivity contribution >= 4 is 0 Å². The maximum absolute atomic E-state index is 6.12. The summed E-state index contributed by atoms with van der Waals surface area (Å²) >= 11 is 0. The fraction of sp³-hybridized carbons (Fsp3) is 0.733. The summed E-state index contributed by atoms with van der Waals surface area (Å²) in [6.45, 7) is 5.51. The third kappa shape index (κ3) is 2.34. The van der Waals surface area contributed by atoms with Gasteiger partial charge in [-0.25, -0.2) is 0 Å². The standard InChI is InChI=1S/C15H23NO2/c1-14(2)7-4-8-15(11-14)16-12(6-10-18-15)13-5-3-9-17-13/h3,5,9,12,16H,4,6-8,10-11H2,1-2H3. The first-order chi connectivity index (χ1) is 8.59. The van der Waals surface area contributed by atoms with Gasteiger partial charge in [-0.2, -0.15) is 0 Å². The molecule has 2 atom stereocenters. The first-order valence-corrected chi connectivity index (χ1v) is 7.04. The molecule has 0 amide bonds. The molecule has 0 aromatic carbocycles. The van der Waals surface area contributed by atoms with Crippen molar-refractivity contribution in [3.8, 4) is 0 Å². The van der Waals surface area contributed by atoms with Gasteiger partial charge in [0.25, 0.3) is 0 Å². The van der Waals surface area contributed by atoms with Crippen LogP contribution in [0.15, 0.2) is 22.8 Å². The van der Waals surface area contributed by atoms with Crippen molar-refractivity contribution in [2.75, 3.05) is 6.61 Å². The van der Waals surface area contributed by atoms with Gasteiger partial charge in [-0.05, 0) is 49.7 Å². The number of nitrogens with one attached hydrogen (secondary N) is 1. The fourth-order valence-corrected chi connectivity index (χ4v) is 3.56. The Balaban J connectivity index is 1.77. The van der Waals surface area contributed by atoms with Crippen LogP contribution in [0.1, 0.15) is 57.8 Å². The Bertz CT molecular complexity index is 395. The molecule has 2 heterocycles. The van der Waals surface area contributed by atoms with Crippen LogP contribution >= 0.6 is 0 Å². The van der Waals surface area contributed by atoms with Crippen molar-refractivity contribution < 1.29 is 9.15 Å². The summed E-state index contributed by atoms with van der Waals surface area (Å²) in [6, 6.07) is 4.33. The van der Waals surface area contributed by atoms with Gasteiger partial charge >= 0.3 is 0 Å². The van der Waals surface area contributed by atoms with E-state index in [1.54, 1.807) is 6.26 Å². The molecule has 0 radical (unpaired) electrons. The van der Waals surface area contributed by atoms with Gasteiger partial charge in [0.05, 0.1) is 18.9 Å². The van der Waals surface area contributed by atoms with E-state index in [-0.39, 0.29) is 5.72 Å². The van der Waals surface area contributed by atoms with E-state index >= 15 is 0 Å². The minimum Gasteiger partial charge on any atom is -0.468 e. The zero-order valence-electron chi connectivity index (χ0n) is 11.4. The van der Waals surface area contributed by atoms with Crippen molar-refractivity contribution in [1.82, 2.24) is 5.32 Å². The molecular weight excluding hydrogens is 226 g/mol. The second kappa shape index (κ2) is 4.39. The van der Waals surface area contributed by atoms with Gasteiger partial charge in [0.1, 0.15) is 11.5 Å². The Morgan fingerprint density at radius 3 is 2.94 bits per heavy atom. The molecule has 2 unspecified atom stereocenters. The molecule has 1 aromatic rings. The molecule has 18 heavy (non-hydrogen) atoms. The Morgan fingerprint density at radius 2 is 2.22 bits per heavy atom. The van der Waals surface area contributed by atoms with Crippen LogP contribution in [0.5, 0.6) is 0 Å². The van der Waals surface area contributed by atoms with Crippen molar-refractivity contribution in [2.24, 2.45) is 5.41 Å². The quantitative estimate of drug-likeness (QED) is 0.825. The van der Waals surface area contributed by atoms with E-state index in [0.717, 1.165) is 31.6 Å². The average molecular weight is 249 g/mol. The molecule has 1 aromatic heterocycles. The predicted octanol–water partition coefficient (Wildman–Crippen LogP) is 3.63. The van der Waals surface area contributed by atoms with E-state index in [1.807, 2.05) is 6.07 Å². The van der Waals surface area contributed by atoms with Crippen LogP contribution < -0.4 is 5.32 Å². The maximum atomic E-state index is 6.12. The van der Waals surface area contributed by atoms with Crippen molar-refractivity contribution in [3.63, 3.8) is 0 Å². The minimum absolute atomic E-state index is 0.128. The number of rotatable bonds is 1. The molecule has 1 saturated heterocycles. The van der Waals surface area contributed by atoms with Gasteiger partial charge in [-0.3, -0.25) is 5.32 Å². The summed E-state index contributed by atoms with van der Waals surface area (Å²) in [5.41, 5.74) is 0.244. The SMILES string of the molecule is CC1(C)CCCC2(C1)NC(c1ccco1)CCO2. The normalized spacial score (nSPS) is 35.8. The highest BCUT2D eigenvalue weighted by Gasteiger charge is 2.44. The number of hydrogen-bond donors (Lipinski definition) is 1. The van der Waals surface area contributed by atoms with Gasteiger partial charge in [0.2, 0.25) is 0 Å². The highest BCUT2D eigenvalue weighted by atomic mass is 16.5. The van der Waals surface area contributed by atoms with Crippen LogP contribution in [0.3, 0.4) is 0 Å². The molecule has 2 aliphatic rings. The first-order valence-electron chi connectivity index (χ1n) is 7.04. The largest absolute Gasteiger partial charge is 0.468 e. The van der Waals surface area contributed by atoms with E-state index in [1.165, 1.54) is 12.8 Å². The van der Waals surface area contributed by atoms with Crippen LogP contribution in [0.25, 0.3) is 0 Å². The minimum atomic E-state index is -0.128.